The first-order valence-corrected chi connectivity index (χ1v) is 7.94. The Morgan fingerprint density at radius 3 is 2.27 bits per heavy atom. The van der Waals surface area contributed by atoms with Gasteiger partial charge >= 0.3 is 0 Å². The topological polar surface area (TPSA) is 40.5 Å². The van der Waals surface area contributed by atoms with Gasteiger partial charge in [-0.25, -0.2) is 0 Å². The third kappa shape index (κ3) is 2.61. The molecule has 0 atom stereocenters. The number of phenolic OH excluding ortho intramolecular Hbond substituents is 2. The van der Waals surface area contributed by atoms with Gasteiger partial charge in [-0.3, -0.25) is 0 Å². The Bertz CT molecular complexity index is 741. The normalized spacial score (nSPS) is 14.6. The fraction of sp³-hybridized carbons (Fsp3) is 0.300. The molecule has 0 aromatic heterocycles. The van der Waals surface area contributed by atoms with E-state index in [4.69, 9.17) is 0 Å². The highest BCUT2D eigenvalue weighted by atomic mass is 16.3. The zero-order valence-electron chi connectivity index (χ0n) is 13.2. The quantitative estimate of drug-likeness (QED) is 0.812. The predicted octanol–water partition coefficient (Wildman–Crippen LogP) is 5.06. The van der Waals surface area contributed by atoms with Gasteiger partial charge in [0.1, 0.15) is 11.5 Å². The van der Waals surface area contributed by atoms with Gasteiger partial charge in [0.15, 0.2) is 0 Å². The maximum atomic E-state index is 9.75. The maximum absolute atomic E-state index is 9.75. The van der Waals surface area contributed by atoms with Crippen LogP contribution in [0.4, 0.5) is 0 Å². The highest BCUT2D eigenvalue weighted by Gasteiger charge is 2.18. The van der Waals surface area contributed by atoms with Crippen molar-refractivity contribution in [3.63, 3.8) is 0 Å². The molecule has 0 unspecified atom stereocenters. The van der Waals surface area contributed by atoms with Crippen LogP contribution in [0, 0.1) is 6.92 Å². The summed E-state index contributed by atoms with van der Waals surface area (Å²) in [6, 6.07) is 11.4. The zero-order valence-corrected chi connectivity index (χ0v) is 13.2. The van der Waals surface area contributed by atoms with Crippen molar-refractivity contribution in [3.8, 4) is 11.5 Å². The first-order chi connectivity index (χ1) is 10.6. The van der Waals surface area contributed by atoms with E-state index >= 15 is 0 Å². The molecule has 0 bridgehead atoms. The molecule has 0 aliphatic heterocycles. The van der Waals surface area contributed by atoms with E-state index in [-0.39, 0.29) is 0 Å². The van der Waals surface area contributed by atoms with Crippen LogP contribution in [0.15, 0.2) is 36.4 Å². The molecule has 1 aliphatic rings. The molecule has 2 nitrogen and oxygen atoms in total. The molecule has 0 spiro atoms. The number of aryl methyl sites for hydroxylation is 2. The van der Waals surface area contributed by atoms with Gasteiger partial charge in [0.25, 0.3) is 0 Å². The monoisotopic (exact) mass is 294 g/mol. The number of fused-ring (bicyclic) bond motifs is 1. The Hall–Kier alpha value is -2.22. The number of hydrogen-bond donors (Lipinski definition) is 2. The molecule has 1 aliphatic carbocycles. The minimum absolute atomic E-state index is 0.318. The average Bonchev–Trinajstić information content (AvgIpc) is 2.65. The lowest BCUT2D eigenvalue weighted by Gasteiger charge is -2.16. The first-order valence-electron chi connectivity index (χ1n) is 7.94. The number of phenols is 2. The number of rotatable bonds is 2. The maximum Gasteiger partial charge on any atom is 0.115 e. The van der Waals surface area contributed by atoms with Crippen LogP contribution in [-0.4, -0.2) is 10.2 Å². The second kappa shape index (κ2) is 5.88. The van der Waals surface area contributed by atoms with Crippen molar-refractivity contribution >= 4 is 11.1 Å². The summed E-state index contributed by atoms with van der Waals surface area (Å²) >= 11 is 0. The lowest BCUT2D eigenvalue weighted by Crippen LogP contribution is -1.94. The van der Waals surface area contributed by atoms with E-state index in [2.05, 4.69) is 13.8 Å². The van der Waals surface area contributed by atoms with Crippen LogP contribution in [-0.2, 0) is 6.42 Å². The molecule has 22 heavy (non-hydrogen) atoms. The van der Waals surface area contributed by atoms with Crippen LogP contribution in [0.2, 0.25) is 0 Å². The minimum atomic E-state index is 0.318. The molecule has 2 N–H and O–H groups in total. The summed E-state index contributed by atoms with van der Waals surface area (Å²) in [5.41, 5.74) is 7.59. The third-order valence-electron chi connectivity index (χ3n) is 4.54. The molecule has 0 radical (unpaired) electrons. The number of hydrogen-bond acceptors (Lipinski definition) is 2. The summed E-state index contributed by atoms with van der Waals surface area (Å²) < 4.78 is 0. The lowest BCUT2D eigenvalue weighted by molar-refractivity contribution is 0.474. The van der Waals surface area contributed by atoms with Gasteiger partial charge in [-0.2, -0.15) is 0 Å². The summed E-state index contributed by atoms with van der Waals surface area (Å²) in [4.78, 5) is 0. The van der Waals surface area contributed by atoms with Crippen LogP contribution in [0.1, 0.15) is 48.4 Å². The molecule has 0 fully saturated rings. The molecule has 0 saturated heterocycles. The second-order valence-electron chi connectivity index (χ2n) is 6.00. The third-order valence-corrected chi connectivity index (χ3v) is 4.54. The molecule has 0 saturated carbocycles. The van der Waals surface area contributed by atoms with Crippen molar-refractivity contribution < 1.29 is 10.2 Å². The highest BCUT2D eigenvalue weighted by molar-refractivity contribution is 5.93. The van der Waals surface area contributed by atoms with Gasteiger partial charge in [0, 0.05) is 0 Å². The van der Waals surface area contributed by atoms with Crippen LogP contribution in [0.5, 0.6) is 11.5 Å². The molecule has 2 heteroatoms. The van der Waals surface area contributed by atoms with E-state index in [0.29, 0.717) is 11.5 Å². The molecule has 0 heterocycles. The van der Waals surface area contributed by atoms with Crippen molar-refractivity contribution in [1.29, 1.82) is 0 Å². The van der Waals surface area contributed by atoms with Crippen molar-refractivity contribution in [2.45, 2.75) is 39.5 Å². The minimum Gasteiger partial charge on any atom is -0.508 e. The zero-order chi connectivity index (χ0) is 15.7. The van der Waals surface area contributed by atoms with Crippen molar-refractivity contribution in [2.75, 3.05) is 0 Å². The largest absolute Gasteiger partial charge is 0.508 e. The Kier molecular flexibility index (Phi) is 3.93. The summed E-state index contributed by atoms with van der Waals surface area (Å²) in [5.74, 6) is 0.664. The number of allylic oxidation sites excluding steroid dienone is 2. The molecular formula is C20H22O2. The van der Waals surface area contributed by atoms with Gasteiger partial charge in [0.2, 0.25) is 0 Å². The van der Waals surface area contributed by atoms with Crippen LogP contribution >= 0.6 is 0 Å². The van der Waals surface area contributed by atoms with Crippen LogP contribution in [0.25, 0.3) is 11.1 Å². The lowest BCUT2D eigenvalue weighted by atomic mass is 9.89. The van der Waals surface area contributed by atoms with E-state index in [0.717, 1.165) is 31.2 Å². The highest BCUT2D eigenvalue weighted by Crippen LogP contribution is 2.39. The van der Waals surface area contributed by atoms with E-state index in [1.54, 1.807) is 12.1 Å². The van der Waals surface area contributed by atoms with Gasteiger partial charge in [-0.1, -0.05) is 19.1 Å². The predicted molar refractivity (Wildman–Crippen MR) is 91.0 cm³/mol. The van der Waals surface area contributed by atoms with Crippen LogP contribution < -0.4 is 0 Å². The Morgan fingerprint density at radius 1 is 0.909 bits per heavy atom. The molecular weight excluding hydrogens is 272 g/mol. The van der Waals surface area contributed by atoms with E-state index in [1.165, 1.54) is 27.8 Å². The molecule has 3 rings (SSSR count). The van der Waals surface area contributed by atoms with E-state index < -0.39 is 0 Å². The first kappa shape index (κ1) is 14.7. The summed E-state index contributed by atoms with van der Waals surface area (Å²) in [6.45, 7) is 4.24. The Labute approximate surface area is 131 Å². The standard InChI is InChI=1S/C20H22O2/c1-3-17-19-10-8-16(22)12-14(19)5-4-6-20(17)18-9-7-15(21)11-13(18)2/h7-12,21-22H,3-6H2,1-2H3. The summed E-state index contributed by atoms with van der Waals surface area (Å²) in [6.07, 6.45) is 4.07. The van der Waals surface area contributed by atoms with E-state index in [1.807, 2.05) is 24.3 Å². The molecule has 0 amide bonds. The molecule has 2 aromatic rings. The van der Waals surface area contributed by atoms with Crippen LogP contribution in [0.3, 0.4) is 0 Å². The van der Waals surface area contributed by atoms with Crippen molar-refractivity contribution in [1.82, 2.24) is 0 Å². The molecule has 114 valence electrons. The van der Waals surface area contributed by atoms with E-state index in [9.17, 15) is 10.2 Å². The fourth-order valence-corrected chi connectivity index (χ4v) is 3.54. The summed E-state index contributed by atoms with van der Waals surface area (Å²) in [7, 11) is 0. The molecule has 2 aromatic carbocycles. The van der Waals surface area contributed by atoms with Gasteiger partial charge in [-0.05, 0) is 90.3 Å². The SMILES string of the molecule is CCC1=C(c2ccc(O)cc2C)CCCc2cc(O)ccc21. The average molecular weight is 294 g/mol. The smallest absolute Gasteiger partial charge is 0.115 e. The van der Waals surface area contributed by atoms with Crippen molar-refractivity contribution in [3.05, 3.63) is 58.7 Å². The Balaban J connectivity index is 2.21. The van der Waals surface area contributed by atoms with Gasteiger partial charge < -0.3 is 10.2 Å². The second-order valence-corrected chi connectivity index (χ2v) is 6.00. The number of benzene rings is 2. The Morgan fingerprint density at radius 2 is 1.59 bits per heavy atom. The summed E-state index contributed by atoms with van der Waals surface area (Å²) in [5, 5.41) is 19.4. The van der Waals surface area contributed by atoms with Gasteiger partial charge in [0.05, 0.1) is 0 Å². The fourth-order valence-electron chi connectivity index (χ4n) is 3.54. The van der Waals surface area contributed by atoms with Gasteiger partial charge in [-0.15, -0.1) is 0 Å². The van der Waals surface area contributed by atoms with Crippen molar-refractivity contribution in [2.24, 2.45) is 0 Å². The number of aromatic hydroxyl groups is 2.